The molecule has 0 aliphatic rings. The first-order chi connectivity index (χ1) is 8.93. The van der Waals surface area contributed by atoms with Crippen LogP contribution in [-0.4, -0.2) is 29.6 Å². The molecule has 5 nitrogen and oxygen atoms in total. The van der Waals surface area contributed by atoms with Crippen molar-refractivity contribution in [2.24, 2.45) is 0 Å². The number of amides is 1. The Bertz CT molecular complexity index is 476. The van der Waals surface area contributed by atoms with E-state index in [0.29, 0.717) is 5.02 Å². The van der Waals surface area contributed by atoms with E-state index >= 15 is 0 Å². The molecule has 0 spiro atoms. The summed E-state index contributed by atoms with van der Waals surface area (Å²) in [6.45, 7) is 3.60. The van der Waals surface area contributed by atoms with Crippen molar-refractivity contribution in [1.82, 2.24) is 5.32 Å². The molecule has 104 valence electrons. The number of carboxylic acid groups (broad SMARTS) is 1. The third-order valence-electron chi connectivity index (χ3n) is 2.55. The van der Waals surface area contributed by atoms with Gasteiger partial charge >= 0.3 is 5.97 Å². The molecule has 0 aliphatic heterocycles. The van der Waals surface area contributed by atoms with Gasteiger partial charge in [-0.05, 0) is 31.5 Å². The second kappa shape index (κ2) is 6.99. The molecule has 0 radical (unpaired) electrons. The fourth-order valence-electron chi connectivity index (χ4n) is 1.36. The number of ether oxygens (including phenoxy) is 1. The predicted molar refractivity (Wildman–Crippen MR) is 71.8 cm³/mol. The second-order valence-electron chi connectivity index (χ2n) is 4.11. The molecule has 0 heterocycles. The first-order valence-electron chi connectivity index (χ1n) is 5.89. The SMILES string of the molecule is CC[C@H](C)NC(=O)COc1ccc(Cl)cc1C(=O)O. The summed E-state index contributed by atoms with van der Waals surface area (Å²) in [6.07, 6.45) is 0.813. The monoisotopic (exact) mass is 285 g/mol. The Kier molecular flexibility index (Phi) is 5.63. The zero-order chi connectivity index (χ0) is 14.4. The van der Waals surface area contributed by atoms with Crippen LogP contribution in [0, 0.1) is 0 Å². The molecule has 0 aliphatic carbocycles. The Labute approximate surface area is 116 Å². The Morgan fingerprint density at radius 2 is 2.16 bits per heavy atom. The van der Waals surface area contributed by atoms with Gasteiger partial charge in [0, 0.05) is 11.1 Å². The van der Waals surface area contributed by atoms with E-state index in [-0.39, 0.29) is 29.9 Å². The van der Waals surface area contributed by atoms with Crippen molar-refractivity contribution in [3.63, 3.8) is 0 Å². The van der Waals surface area contributed by atoms with Crippen LogP contribution in [0.2, 0.25) is 5.02 Å². The molecular formula is C13H16ClNO4. The Balaban J connectivity index is 2.67. The number of carbonyl (C=O) groups excluding carboxylic acids is 1. The average Bonchev–Trinajstić information content (AvgIpc) is 2.36. The molecule has 0 saturated carbocycles. The normalized spacial score (nSPS) is 11.7. The number of carbonyl (C=O) groups is 2. The number of aromatic carboxylic acids is 1. The minimum atomic E-state index is -1.15. The molecule has 19 heavy (non-hydrogen) atoms. The summed E-state index contributed by atoms with van der Waals surface area (Å²) >= 11 is 5.71. The van der Waals surface area contributed by atoms with Crippen molar-refractivity contribution in [2.45, 2.75) is 26.3 Å². The molecule has 1 rings (SSSR count). The van der Waals surface area contributed by atoms with Gasteiger partial charge in [-0.1, -0.05) is 18.5 Å². The van der Waals surface area contributed by atoms with E-state index in [4.69, 9.17) is 21.4 Å². The fourth-order valence-corrected chi connectivity index (χ4v) is 1.53. The van der Waals surface area contributed by atoms with E-state index in [9.17, 15) is 9.59 Å². The van der Waals surface area contributed by atoms with Crippen molar-refractivity contribution in [3.8, 4) is 5.75 Å². The molecule has 0 fully saturated rings. The van der Waals surface area contributed by atoms with Gasteiger partial charge in [-0.15, -0.1) is 0 Å². The zero-order valence-corrected chi connectivity index (χ0v) is 11.5. The van der Waals surface area contributed by atoms with Crippen LogP contribution in [0.3, 0.4) is 0 Å². The highest BCUT2D eigenvalue weighted by Crippen LogP contribution is 2.22. The minimum absolute atomic E-state index is 0.0558. The molecule has 1 aromatic carbocycles. The van der Waals surface area contributed by atoms with Gasteiger partial charge in [-0.25, -0.2) is 4.79 Å². The van der Waals surface area contributed by atoms with Crippen molar-refractivity contribution >= 4 is 23.5 Å². The van der Waals surface area contributed by atoms with E-state index in [0.717, 1.165) is 6.42 Å². The van der Waals surface area contributed by atoms with Gasteiger partial charge in [0.25, 0.3) is 5.91 Å². The Morgan fingerprint density at radius 3 is 2.74 bits per heavy atom. The average molecular weight is 286 g/mol. The van der Waals surface area contributed by atoms with Crippen molar-refractivity contribution in [2.75, 3.05) is 6.61 Å². The minimum Gasteiger partial charge on any atom is -0.483 e. The molecule has 6 heteroatoms. The van der Waals surface area contributed by atoms with Crippen LogP contribution in [0.25, 0.3) is 0 Å². The lowest BCUT2D eigenvalue weighted by Crippen LogP contribution is -2.35. The van der Waals surface area contributed by atoms with Crippen LogP contribution in [0.4, 0.5) is 0 Å². The van der Waals surface area contributed by atoms with Crippen LogP contribution in [0.5, 0.6) is 5.75 Å². The number of nitrogens with one attached hydrogen (secondary N) is 1. The molecule has 1 amide bonds. The summed E-state index contributed by atoms with van der Waals surface area (Å²) in [5.41, 5.74) is -0.0659. The molecular weight excluding hydrogens is 270 g/mol. The highest BCUT2D eigenvalue weighted by molar-refractivity contribution is 6.31. The van der Waals surface area contributed by atoms with Crippen LogP contribution in [0.1, 0.15) is 30.6 Å². The number of hydrogen-bond acceptors (Lipinski definition) is 3. The van der Waals surface area contributed by atoms with E-state index in [1.54, 1.807) is 0 Å². The first-order valence-corrected chi connectivity index (χ1v) is 6.26. The van der Waals surface area contributed by atoms with Gasteiger partial charge in [0.05, 0.1) is 0 Å². The van der Waals surface area contributed by atoms with Gasteiger partial charge < -0.3 is 15.2 Å². The maximum absolute atomic E-state index is 11.5. The lowest BCUT2D eigenvalue weighted by molar-refractivity contribution is -0.123. The van der Waals surface area contributed by atoms with Gasteiger partial charge in [0.2, 0.25) is 0 Å². The third kappa shape index (κ3) is 4.79. The fraction of sp³-hybridized carbons (Fsp3) is 0.385. The number of rotatable bonds is 6. The largest absolute Gasteiger partial charge is 0.483 e. The summed E-state index contributed by atoms with van der Waals surface area (Å²) in [5, 5.41) is 12.0. The van der Waals surface area contributed by atoms with Gasteiger partial charge in [0.1, 0.15) is 11.3 Å². The van der Waals surface area contributed by atoms with Crippen LogP contribution >= 0.6 is 11.6 Å². The van der Waals surface area contributed by atoms with E-state index in [1.807, 2.05) is 13.8 Å². The standard InChI is InChI=1S/C13H16ClNO4/c1-3-8(2)15-12(16)7-19-11-5-4-9(14)6-10(11)13(17)18/h4-6,8H,3,7H2,1-2H3,(H,15,16)(H,17,18)/t8-/m0/s1. The topological polar surface area (TPSA) is 75.6 Å². The smallest absolute Gasteiger partial charge is 0.339 e. The summed E-state index contributed by atoms with van der Waals surface area (Å²) in [6, 6.07) is 4.28. The summed E-state index contributed by atoms with van der Waals surface area (Å²) in [5.74, 6) is -1.32. The highest BCUT2D eigenvalue weighted by atomic mass is 35.5. The quantitative estimate of drug-likeness (QED) is 0.841. The van der Waals surface area contributed by atoms with E-state index < -0.39 is 5.97 Å². The summed E-state index contributed by atoms with van der Waals surface area (Å²) in [4.78, 5) is 22.5. The van der Waals surface area contributed by atoms with Crippen LogP contribution in [-0.2, 0) is 4.79 Å². The third-order valence-corrected chi connectivity index (χ3v) is 2.79. The van der Waals surface area contributed by atoms with Crippen molar-refractivity contribution in [1.29, 1.82) is 0 Å². The maximum atomic E-state index is 11.5. The van der Waals surface area contributed by atoms with Gasteiger partial charge in [0.15, 0.2) is 6.61 Å². The van der Waals surface area contributed by atoms with E-state index in [1.165, 1.54) is 18.2 Å². The maximum Gasteiger partial charge on any atom is 0.339 e. The zero-order valence-electron chi connectivity index (χ0n) is 10.8. The van der Waals surface area contributed by atoms with Crippen molar-refractivity contribution < 1.29 is 19.4 Å². The number of benzene rings is 1. The number of halogens is 1. The lowest BCUT2D eigenvalue weighted by atomic mass is 10.2. The summed E-state index contributed by atoms with van der Waals surface area (Å²) < 4.78 is 5.21. The first kappa shape index (κ1) is 15.3. The molecule has 1 atom stereocenters. The molecule has 0 aromatic heterocycles. The Hall–Kier alpha value is -1.75. The molecule has 1 aromatic rings. The molecule has 0 bridgehead atoms. The molecule has 0 unspecified atom stereocenters. The lowest BCUT2D eigenvalue weighted by Gasteiger charge is -2.13. The highest BCUT2D eigenvalue weighted by Gasteiger charge is 2.13. The van der Waals surface area contributed by atoms with Crippen LogP contribution in [0.15, 0.2) is 18.2 Å². The molecule has 2 N–H and O–H groups in total. The predicted octanol–water partition coefficient (Wildman–Crippen LogP) is 2.33. The van der Waals surface area contributed by atoms with Crippen molar-refractivity contribution in [3.05, 3.63) is 28.8 Å². The Morgan fingerprint density at radius 1 is 1.47 bits per heavy atom. The second-order valence-corrected chi connectivity index (χ2v) is 4.55. The van der Waals surface area contributed by atoms with Gasteiger partial charge in [-0.3, -0.25) is 4.79 Å². The number of hydrogen-bond donors (Lipinski definition) is 2. The summed E-state index contributed by atoms with van der Waals surface area (Å²) in [7, 11) is 0. The molecule has 0 saturated heterocycles. The van der Waals surface area contributed by atoms with Gasteiger partial charge in [-0.2, -0.15) is 0 Å². The number of carboxylic acids is 1. The van der Waals surface area contributed by atoms with E-state index in [2.05, 4.69) is 5.32 Å². The van der Waals surface area contributed by atoms with Crippen LogP contribution < -0.4 is 10.1 Å².